The molecule has 0 bridgehead atoms. The van der Waals surface area contributed by atoms with E-state index in [2.05, 4.69) is 29.5 Å². The minimum Gasteiger partial charge on any atom is -0.354 e. The number of aromatic nitrogens is 4. The molecule has 2 aromatic rings. The number of aryl methyl sites for hydroxylation is 1. The van der Waals surface area contributed by atoms with Crippen molar-refractivity contribution in [2.75, 3.05) is 31.1 Å². The van der Waals surface area contributed by atoms with Gasteiger partial charge < -0.3 is 9.47 Å². The summed E-state index contributed by atoms with van der Waals surface area (Å²) in [5.41, 5.74) is 0. The zero-order valence-corrected chi connectivity index (χ0v) is 13.2. The van der Waals surface area contributed by atoms with Gasteiger partial charge in [0.15, 0.2) is 0 Å². The van der Waals surface area contributed by atoms with Crippen molar-refractivity contribution in [1.29, 1.82) is 0 Å². The van der Waals surface area contributed by atoms with Gasteiger partial charge in [0.2, 0.25) is 0 Å². The van der Waals surface area contributed by atoms with Gasteiger partial charge in [-0.15, -0.1) is 10.2 Å². The second-order valence-corrected chi connectivity index (χ2v) is 6.24. The van der Waals surface area contributed by atoms with E-state index < -0.39 is 0 Å². The van der Waals surface area contributed by atoms with Crippen molar-refractivity contribution in [2.24, 2.45) is 0 Å². The number of halogens is 1. The third-order valence-electron chi connectivity index (χ3n) is 4.71. The molecule has 4 heterocycles. The number of pyridine rings is 1. The molecule has 0 spiro atoms. The van der Waals surface area contributed by atoms with E-state index in [1.165, 1.54) is 25.1 Å². The molecule has 2 aromatic heterocycles. The fourth-order valence-corrected chi connectivity index (χ4v) is 3.38. The summed E-state index contributed by atoms with van der Waals surface area (Å²) in [5.74, 6) is 2.79. The van der Waals surface area contributed by atoms with Crippen molar-refractivity contribution in [3.8, 4) is 0 Å². The summed E-state index contributed by atoms with van der Waals surface area (Å²) in [6.45, 7) is 5.64. The lowest BCUT2D eigenvalue weighted by Gasteiger charge is -2.35. The van der Waals surface area contributed by atoms with Crippen LogP contribution >= 0.6 is 0 Å². The van der Waals surface area contributed by atoms with Gasteiger partial charge in [0.1, 0.15) is 23.3 Å². The molecule has 4 rings (SSSR count). The summed E-state index contributed by atoms with van der Waals surface area (Å²) < 4.78 is 15.3. The molecule has 0 saturated carbocycles. The lowest BCUT2D eigenvalue weighted by molar-refractivity contribution is 0.238. The average Bonchev–Trinajstić information content (AvgIpc) is 3.00. The Kier molecular flexibility index (Phi) is 3.95. The van der Waals surface area contributed by atoms with E-state index in [4.69, 9.17) is 0 Å². The summed E-state index contributed by atoms with van der Waals surface area (Å²) >= 11 is 0. The van der Waals surface area contributed by atoms with Gasteiger partial charge in [-0.3, -0.25) is 4.90 Å². The van der Waals surface area contributed by atoms with Crippen LogP contribution in [0.25, 0.3) is 0 Å². The Balaban J connectivity index is 1.36. The molecule has 0 amide bonds. The Labute approximate surface area is 134 Å². The van der Waals surface area contributed by atoms with Crippen molar-refractivity contribution in [3.63, 3.8) is 0 Å². The molecule has 6 nitrogen and oxygen atoms in total. The Morgan fingerprint density at radius 1 is 1.00 bits per heavy atom. The molecular weight excluding hydrogens is 295 g/mol. The average molecular weight is 316 g/mol. The third kappa shape index (κ3) is 3.06. The zero-order chi connectivity index (χ0) is 15.6. The van der Waals surface area contributed by atoms with Crippen LogP contribution < -0.4 is 4.90 Å². The quantitative estimate of drug-likeness (QED) is 0.858. The van der Waals surface area contributed by atoms with Gasteiger partial charge in [0.25, 0.3) is 0 Å². The molecule has 7 heteroatoms. The number of anilines is 1. The monoisotopic (exact) mass is 316 g/mol. The molecule has 0 unspecified atom stereocenters. The van der Waals surface area contributed by atoms with Gasteiger partial charge in [-0.1, -0.05) is 0 Å². The molecule has 1 saturated heterocycles. The first-order valence-corrected chi connectivity index (χ1v) is 8.29. The number of nitrogens with zero attached hydrogens (tertiary/aromatic N) is 6. The number of piperazine rings is 1. The molecule has 0 radical (unpaired) electrons. The van der Waals surface area contributed by atoms with Crippen LogP contribution in [0.3, 0.4) is 0 Å². The highest BCUT2D eigenvalue weighted by molar-refractivity contribution is 5.38. The maximum Gasteiger partial charge on any atom is 0.147 e. The van der Waals surface area contributed by atoms with Crippen molar-refractivity contribution < 1.29 is 4.39 Å². The second-order valence-electron chi connectivity index (χ2n) is 6.24. The largest absolute Gasteiger partial charge is 0.354 e. The van der Waals surface area contributed by atoms with Crippen LogP contribution in [0.2, 0.25) is 0 Å². The van der Waals surface area contributed by atoms with E-state index >= 15 is 0 Å². The summed E-state index contributed by atoms with van der Waals surface area (Å²) in [7, 11) is 0. The topological polar surface area (TPSA) is 50.1 Å². The molecule has 0 aliphatic carbocycles. The number of hydrogen-bond donors (Lipinski definition) is 0. The van der Waals surface area contributed by atoms with Crippen molar-refractivity contribution >= 4 is 5.82 Å². The molecule has 2 aliphatic rings. The van der Waals surface area contributed by atoms with Crippen molar-refractivity contribution in [3.05, 3.63) is 35.8 Å². The van der Waals surface area contributed by atoms with Gasteiger partial charge in [0, 0.05) is 39.1 Å². The zero-order valence-electron chi connectivity index (χ0n) is 13.2. The normalized spacial score (nSPS) is 18.9. The molecule has 0 N–H and O–H groups in total. The predicted molar refractivity (Wildman–Crippen MR) is 84.6 cm³/mol. The summed E-state index contributed by atoms with van der Waals surface area (Å²) in [6.07, 6.45) is 4.78. The molecule has 2 aliphatic heterocycles. The van der Waals surface area contributed by atoms with Gasteiger partial charge in [-0.25, -0.2) is 9.37 Å². The van der Waals surface area contributed by atoms with Gasteiger partial charge in [-0.05, 0) is 25.0 Å². The van der Waals surface area contributed by atoms with Crippen molar-refractivity contribution in [1.82, 2.24) is 24.6 Å². The number of rotatable bonds is 3. The smallest absolute Gasteiger partial charge is 0.147 e. The maximum absolute atomic E-state index is 13.0. The van der Waals surface area contributed by atoms with Crippen LogP contribution in [0.1, 0.15) is 24.5 Å². The minimum atomic E-state index is -0.288. The Hall–Kier alpha value is -2.02. The fourth-order valence-electron chi connectivity index (χ4n) is 3.38. The second kappa shape index (κ2) is 6.23. The van der Waals surface area contributed by atoms with Crippen LogP contribution in [-0.2, 0) is 19.5 Å². The molecule has 23 heavy (non-hydrogen) atoms. The van der Waals surface area contributed by atoms with Gasteiger partial charge in [-0.2, -0.15) is 0 Å². The van der Waals surface area contributed by atoms with Crippen molar-refractivity contribution in [2.45, 2.75) is 32.4 Å². The highest BCUT2D eigenvalue weighted by Gasteiger charge is 2.22. The van der Waals surface area contributed by atoms with Crippen LogP contribution in [0.5, 0.6) is 0 Å². The Morgan fingerprint density at radius 3 is 2.65 bits per heavy atom. The van der Waals surface area contributed by atoms with Crippen LogP contribution in [0.15, 0.2) is 18.3 Å². The summed E-state index contributed by atoms with van der Waals surface area (Å²) in [6, 6.07) is 3.22. The van der Waals surface area contributed by atoms with Gasteiger partial charge >= 0.3 is 0 Å². The lowest BCUT2D eigenvalue weighted by Crippen LogP contribution is -2.46. The summed E-state index contributed by atoms with van der Waals surface area (Å²) in [5, 5.41) is 8.71. The van der Waals surface area contributed by atoms with E-state index in [9.17, 15) is 4.39 Å². The lowest BCUT2D eigenvalue weighted by atomic mass is 10.1. The first-order valence-electron chi connectivity index (χ1n) is 8.29. The summed E-state index contributed by atoms with van der Waals surface area (Å²) in [4.78, 5) is 8.78. The highest BCUT2D eigenvalue weighted by Crippen LogP contribution is 2.18. The highest BCUT2D eigenvalue weighted by atomic mass is 19.1. The van der Waals surface area contributed by atoms with Crippen LogP contribution in [0, 0.1) is 5.82 Å². The molecular formula is C16H21FN6. The third-order valence-corrected chi connectivity index (χ3v) is 4.71. The van der Waals surface area contributed by atoms with Crippen LogP contribution in [0.4, 0.5) is 10.2 Å². The maximum atomic E-state index is 13.0. The molecule has 0 aromatic carbocycles. The first kappa shape index (κ1) is 14.6. The SMILES string of the molecule is Fc1ccc(N2CCN(Cc3nnc4n3CCCC4)CC2)nc1. The Morgan fingerprint density at radius 2 is 1.87 bits per heavy atom. The van der Waals surface area contributed by atoms with Crippen LogP contribution in [-0.4, -0.2) is 50.8 Å². The number of fused-ring (bicyclic) bond motifs is 1. The van der Waals surface area contributed by atoms with E-state index in [1.807, 2.05) is 0 Å². The predicted octanol–water partition coefficient (Wildman–Crippen LogP) is 1.47. The molecule has 1 fully saturated rings. The van der Waals surface area contributed by atoms with E-state index in [0.29, 0.717) is 0 Å². The first-order chi connectivity index (χ1) is 11.3. The standard InChI is InChI=1S/C16H21FN6/c17-13-4-5-14(18-11-13)22-9-7-21(8-10-22)12-16-20-19-15-3-1-2-6-23(15)16/h4-5,11H,1-3,6-10,12H2. The van der Waals surface area contributed by atoms with E-state index in [-0.39, 0.29) is 5.82 Å². The minimum absolute atomic E-state index is 0.288. The Bertz CT molecular complexity index is 660. The fraction of sp³-hybridized carbons (Fsp3) is 0.562. The molecule has 122 valence electrons. The molecule has 0 atom stereocenters. The number of hydrogen-bond acceptors (Lipinski definition) is 5. The van der Waals surface area contributed by atoms with Gasteiger partial charge in [0.05, 0.1) is 12.7 Å². The van der Waals surface area contributed by atoms with E-state index in [0.717, 1.165) is 63.2 Å². The van der Waals surface area contributed by atoms with E-state index in [1.54, 1.807) is 6.07 Å².